The molecule has 0 unspecified atom stereocenters. The summed E-state index contributed by atoms with van der Waals surface area (Å²) < 4.78 is 27.4. The molecule has 3 N–H and O–H groups in total. The van der Waals surface area contributed by atoms with Crippen molar-refractivity contribution in [3.8, 4) is 12.3 Å². The Kier molecular flexibility index (Phi) is 8.19. The zero-order valence-electron chi connectivity index (χ0n) is 18.2. The van der Waals surface area contributed by atoms with Crippen LogP contribution in [0.2, 0.25) is 0 Å². The number of aliphatic carboxylic acids is 1. The molecule has 0 heterocycles. The lowest BCUT2D eigenvalue weighted by atomic mass is 9.98. The van der Waals surface area contributed by atoms with Gasteiger partial charge in [-0.05, 0) is 41.8 Å². The molecule has 7 nitrogen and oxygen atoms in total. The Labute approximate surface area is 198 Å². The molecular weight excluding hydrogens is 452 g/mol. The molecule has 0 saturated heterocycles. The molecule has 0 aromatic heterocycles. The standard InChI is InChI=1S/C26H24N2O5S/c1-2-19-13-15-22(16-14-19)34(32,33)28-23(26(30)31)17-18-24(29)27-25(20-9-5-3-6-10-20)21-11-7-4-8-12-21/h1,3-16,23,25,28H,17-18H2,(H,27,29)(H,30,31)/t23-/m1/s1. The van der Waals surface area contributed by atoms with E-state index in [1.54, 1.807) is 0 Å². The van der Waals surface area contributed by atoms with Crippen LogP contribution in [0.5, 0.6) is 0 Å². The number of rotatable bonds is 10. The highest BCUT2D eigenvalue weighted by atomic mass is 32.2. The molecule has 174 valence electrons. The maximum Gasteiger partial charge on any atom is 0.321 e. The third-order valence-corrected chi connectivity index (χ3v) is 6.65. The Hall–Kier alpha value is -3.93. The fraction of sp³-hybridized carbons (Fsp3) is 0.154. The highest BCUT2D eigenvalue weighted by Crippen LogP contribution is 2.22. The van der Waals surface area contributed by atoms with Gasteiger partial charge < -0.3 is 10.4 Å². The summed E-state index contributed by atoms with van der Waals surface area (Å²) in [5, 5.41) is 12.5. The SMILES string of the molecule is C#Cc1ccc(S(=O)(=O)N[C@H](CCC(=O)NC(c2ccccc2)c2ccccc2)C(=O)O)cc1. The number of amides is 1. The summed E-state index contributed by atoms with van der Waals surface area (Å²) in [5.74, 6) is 0.606. The number of carbonyl (C=O) groups excluding carboxylic acids is 1. The van der Waals surface area contributed by atoms with E-state index < -0.39 is 34.0 Å². The Morgan fingerprint density at radius 1 is 0.882 bits per heavy atom. The summed E-state index contributed by atoms with van der Waals surface area (Å²) in [6.45, 7) is 0. The summed E-state index contributed by atoms with van der Waals surface area (Å²) in [4.78, 5) is 24.3. The van der Waals surface area contributed by atoms with E-state index in [0.29, 0.717) is 5.56 Å². The van der Waals surface area contributed by atoms with Crippen molar-refractivity contribution in [2.45, 2.75) is 29.8 Å². The Morgan fingerprint density at radius 2 is 1.41 bits per heavy atom. The van der Waals surface area contributed by atoms with Crippen molar-refractivity contribution in [3.05, 3.63) is 102 Å². The van der Waals surface area contributed by atoms with Crippen LogP contribution >= 0.6 is 0 Å². The predicted octanol–water partition coefficient (Wildman–Crippen LogP) is 3.09. The first kappa shape index (κ1) is 24.7. The van der Waals surface area contributed by atoms with Gasteiger partial charge in [0, 0.05) is 12.0 Å². The molecule has 0 radical (unpaired) electrons. The van der Waals surface area contributed by atoms with Crippen molar-refractivity contribution in [2.24, 2.45) is 0 Å². The van der Waals surface area contributed by atoms with Crippen LogP contribution in [-0.2, 0) is 19.6 Å². The Bertz CT molecular complexity index is 1230. The summed E-state index contributed by atoms with van der Waals surface area (Å²) >= 11 is 0. The minimum absolute atomic E-state index is 0.115. The Balaban J connectivity index is 1.69. The zero-order chi connectivity index (χ0) is 24.6. The van der Waals surface area contributed by atoms with Crippen LogP contribution in [0.15, 0.2) is 89.8 Å². The van der Waals surface area contributed by atoms with Gasteiger partial charge >= 0.3 is 5.97 Å². The first-order valence-corrected chi connectivity index (χ1v) is 12.0. The van der Waals surface area contributed by atoms with Gasteiger partial charge in [0.15, 0.2) is 0 Å². The van der Waals surface area contributed by atoms with Crippen molar-refractivity contribution in [2.75, 3.05) is 0 Å². The van der Waals surface area contributed by atoms with Crippen molar-refractivity contribution >= 4 is 21.9 Å². The number of hydrogen-bond acceptors (Lipinski definition) is 4. The first-order valence-electron chi connectivity index (χ1n) is 10.5. The van der Waals surface area contributed by atoms with Crippen LogP contribution in [0, 0.1) is 12.3 Å². The smallest absolute Gasteiger partial charge is 0.321 e. The minimum atomic E-state index is -4.12. The van der Waals surface area contributed by atoms with E-state index in [2.05, 4.69) is 16.0 Å². The summed E-state index contributed by atoms with van der Waals surface area (Å²) in [6, 6.07) is 22.3. The number of carboxylic acid groups (broad SMARTS) is 1. The monoisotopic (exact) mass is 476 g/mol. The normalized spacial score (nSPS) is 12.0. The highest BCUT2D eigenvalue weighted by Gasteiger charge is 2.26. The van der Waals surface area contributed by atoms with Gasteiger partial charge in [-0.1, -0.05) is 66.6 Å². The second kappa shape index (κ2) is 11.3. The number of carbonyl (C=O) groups is 2. The molecule has 3 rings (SSSR count). The average Bonchev–Trinajstić information content (AvgIpc) is 2.86. The quantitative estimate of drug-likeness (QED) is 0.389. The molecule has 34 heavy (non-hydrogen) atoms. The molecule has 3 aromatic rings. The molecule has 3 aromatic carbocycles. The van der Waals surface area contributed by atoms with Crippen LogP contribution in [0.3, 0.4) is 0 Å². The molecule has 1 amide bonds. The molecule has 8 heteroatoms. The van der Waals surface area contributed by atoms with Gasteiger partial charge in [-0.2, -0.15) is 4.72 Å². The van der Waals surface area contributed by atoms with E-state index in [1.807, 2.05) is 60.7 Å². The number of carboxylic acids is 1. The van der Waals surface area contributed by atoms with E-state index >= 15 is 0 Å². The number of sulfonamides is 1. The van der Waals surface area contributed by atoms with Gasteiger partial charge in [0.1, 0.15) is 6.04 Å². The van der Waals surface area contributed by atoms with Gasteiger partial charge in [-0.3, -0.25) is 9.59 Å². The largest absolute Gasteiger partial charge is 0.480 e. The third kappa shape index (κ3) is 6.54. The van der Waals surface area contributed by atoms with E-state index in [9.17, 15) is 23.1 Å². The number of benzene rings is 3. The van der Waals surface area contributed by atoms with E-state index in [4.69, 9.17) is 6.42 Å². The molecule has 0 bridgehead atoms. The first-order chi connectivity index (χ1) is 16.3. The Morgan fingerprint density at radius 3 is 1.88 bits per heavy atom. The van der Waals surface area contributed by atoms with Crippen molar-refractivity contribution in [1.82, 2.24) is 10.0 Å². The van der Waals surface area contributed by atoms with Crippen LogP contribution in [-0.4, -0.2) is 31.4 Å². The van der Waals surface area contributed by atoms with Crippen LogP contribution in [0.1, 0.15) is 35.6 Å². The van der Waals surface area contributed by atoms with Crippen molar-refractivity contribution < 1.29 is 23.1 Å². The molecule has 0 spiro atoms. The second-order valence-corrected chi connectivity index (χ2v) is 9.26. The lowest BCUT2D eigenvalue weighted by molar-refractivity contribution is -0.139. The fourth-order valence-corrected chi connectivity index (χ4v) is 4.60. The molecule has 0 saturated carbocycles. The van der Waals surface area contributed by atoms with Gasteiger partial charge in [0.05, 0.1) is 10.9 Å². The highest BCUT2D eigenvalue weighted by molar-refractivity contribution is 7.89. The van der Waals surface area contributed by atoms with Crippen LogP contribution < -0.4 is 10.0 Å². The molecule has 0 aliphatic heterocycles. The van der Waals surface area contributed by atoms with Gasteiger partial charge in [-0.15, -0.1) is 6.42 Å². The van der Waals surface area contributed by atoms with E-state index in [0.717, 1.165) is 11.1 Å². The lowest BCUT2D eigenvalue weighted by Crippen LogP contribution is -2.41. The zero-order valence-corrected chi connectivity index (χ0v) is 19.0. The number of hydrogen-bond donors (Lipinski definition) is 3. The second-order valence-electron chi connectivity index (χ2n) is 7.54. The van der Waals surface area contributed by atoms with Crippen molar-refractivity contribution in [3.63, 3.8) is 0 Å². The minimum Gasteiger partial charge on any atom is -0.480 e. The van der Waals surface area contributed by atoms with E-state index in [1.165, 1.54) is 24.3 Å². The fourth-order valence-electron chi connectivity index (χ4n) is 3.38. The summed E-state index contributed by atoms with van der Waals surface area (Å²) in [5.41, 5.74) is 2.23. The van der Waals surface area contributed by atoms with E-state index in [-0.39, 0.29) is 17.7 Å². The number of nitrogens with one attached hydrogen (secondary N) is 2. The lowest BCUT2D eigenvalue weighted by Gasteiger charge is -2.21. The number of terminal acetylenes is 1. The van der Waals surface area contributed by atoms with Crippen LogP contribution in [0.25, 0.3) is 0 Å². The third-order valence-electron chi connectivity index (χ3n) is 5.16. The molecular formula is C26H24N2O5S. The molecule has 0 aliphatic carbocycles. The molecule has 0 aliphatic rings. The predicted molar refractivity (Wildman–Crippen MR) is 128 cm³/mol. The molecule has 1 atom stereocenters. The summed E-state index contributed by atoms with van der Waals surface area (Å²) in [7, 11) is -4.12. The molecule has 0 fully saturated rings. The maximum absolute atomic E-state index is 12.7. The van der Waals surface area contributed by atoms with Crippen LogP contribution in [0.4, 0.5) is 0 Å². The average molecular weight is 477 g/mol. The van der Waals surface area contributed by atoms with Gasteiger partial charge in [-0.25, -0.2) is 8.42 Å². The summed E-state index contributed by atoms with van der Waals surface area (Å²) in [6.07, 6.45) is 4.86. The van der Waals surface area contributed by atoms with Gasteiger partial charge in [0.2, 0.25) is 15.9 Å². The topological polar surface area (TPSA) is 113 Å². The van der Waals surface area contributed by atoms with Gasteiger partial charge in [0.25, 0.3) is 0 Å². The maximum atomic E-state index is 12.7. The van der Waals surface area contributed by atoms with Crippen molar-refractivity contribution in [1.29, 1.82) is 0 Å².